The van der Waals surface area contributed by atoms with E-state index in [-0.39, 0.29) is 28.8 Å². The van der Waals surface area contributed by atoms with E-state index in [1.807, 2.05) is 24.3 Å². The third kappa shape index (κ3) is 10.3. The maximum Gasteiger partial charge on any atom is 0.321 e. The largest absolute Gasteiger partial charge is 0.510 e. The second-order valence-electron chi connectivity index (χ2n) is 12.5. The minimum Gasteiger partial charge on any atom is -0.510 e. The Morgan fingerprint density at radius 3 is 1.92 bits per heavy atom. The maximum atomic E-state index is 13.6. The lowest BCUT2D eigenvalue weighted by molar-refractivity contribution is -0.148. The first kappa shape index (κ1) is 42.8. The highest BCUT2D eigenvalue weighted by atomic mass is 32.2. The molecule has 4 rings (SSSR count). The van der Waals surface area contributed by atoms with E-state index in [4.69, 9.17) is 18.9 Å². The van der Waals surface area contributed by atoms with Crippen LogP contribution in [0.4, 0.5) is 0 Å². The van der Waals surface area contributed by atoms with E-state index in [1.54, 1.807) is 90.6 Å². The third-order valence-corrected chi connectivity index (χ3v) is 12.4. The molecule has 52 heavy (non-hydrogen) atoms. The van der Waals surface area contributed by atoms with Gasteiger partial charge in [0.1, 0.15) is 28.9 Å². The van der Waals surface area contributed by atoms with Crippen LogP contribution in [0.5, 0.6) is 17.2 Å². The van der Waals surface area contributed by atoms with Gasteiger partial charge in [-0.1, -0.05) is 30.0 Å². The number of aliphatic hydroxyl groups is 1. The Bertz CT molecular complexity index is 1870. The Labute approximate surface area is 319 Å². The fraction of sp³-hybridized carbons (Fsp3) is 0.395. The quantitative estimate of drug-likeness (QED) is 0.131. The second-order valence-corrected chi connectivity index (χ2v) is 18.4. The Morgan fingerprint density at radius 2 is 1.44 bits per heavy atom. The molecule has 1 heterocycles. The van der Waals surface area contributed by atoms with Gasteiger partial charge in [-0.2, -0.15) is 0 Å². The Morgan fingerprint density at radius 1 is 0.885 bits per heavy atom. The van der Waals surface area contributed by atoms with Gasteiger partial charge in [-0.25, -0.2) is 0 Å². The van der Waals surface area contributed by atoms with Gasteiger partial charge in [0, 0.05) is 60.8 Å². The van der Waals surface area contributed by atoms with Crippen molar-refractivity contribution in [2.45, 2.75) is 65.6 Å². The van der Waals surface area contributed by atoms with Crippen LogP contribution in [0.25, 0.3) is 5.57 Å². The lowest BCUT2D eigenvalue weighted by atomic mass is 9.87. The average molecular weight is 791 g/mol. The van der Waals surface area contributed by atoms with Crippen molar-refractivity contribution < 1.29 is 46.9 Å². The SMILES string of the molecule is CCOC(=O)C(C(=O)C(C)(C)SCc1ccc(OC)cc1)c1ccc(S(C)=O)cc1OC.COc1cc(S(C)=O)ccc1C1=C(O)C(C)(C)SC1=O. The number of carbonyl (C=O) groups excluding carboxylic acids is 3. The highest BCUT2D eigenvalue weighted by Crippen LogP contribution is 2.47. The molecular weight excluding hydrogens is 745 g/mol. The van der Waals surface area contributed by atoms with E-state index in [9.17, 15) is 27.9 Å². The van der Waals surface area contributed by atoms with Gasteiger partial charge in [-0.05, 0) is 82.6 Å². The summed E-state index contributed by atoms with van der Waals surface area (Å²) in [6.45, 7) is 9.04. The summed E-state index contributed by atoms with van der Waals surface area (Å²) >= 11 is 2.53. The molecule has 0 fully saturated rings. The molecule has 0 aliphatic carbocycles. The molecule has 0 saturated carbocycles. The lowest BCUT2D eigenvalue weighted by Crippen LogP contribution is -2.37. The van der Waals surface area contributed by atoms with Gasteiger partial charge in [-0.15, -0.1) is 11.8 Å². The molecule has 3 unspecified atom stereocenters. The summed E-state index contributed by atoms with van der Waals surface area (Å²) in [5, 5.41) is 10.1. The number of aliphatic hydroxyl groups excluding tert-OH is 1. The minimum atomic E-state index is -1.23. The Kier molecular flexibility index (Phi) is 15.2. The Balaban J connectivity index is 0.000000311. The summed E-state index contributed by atoms with van der Waals surface area (Å²) in [5.41, 5.74) is 2.24. The highest BCUT2D eigenvalue weighted by molar-refractivity contribution is 8.16. The summed E-state index contributed by atoms with van der Waals surface area (Å²) in [5.74, 6) is 0.116. The summed E-state index contributed by atoms with van der Waals surface area (Å²) in [6, 6.07) is 17.5. The van der Waals surface area contributed by atoms with Crippen molar-refractivity contribution in [1.29, 1.82) is 0 Å². The number of benzene rings is 3. The smallest absolute Gasteiger partial charge is 0.321 e. The number of thioether (sulfide) groups is 2. The molecule has 3 aromatic carbocycles. The predicted octanol–water partition coefficient (Wildman–Crippen LogP) is 7.12. The molecular formula is C38H46O10S4. The van der Waals surface area contributed by atoms with E-state index < -0.39 is 43.0 Å². The normalized spacial score (nSPS) is 15.5. The van der Waals surface area contributed by atoms with Crippen molar-refractivity contribution in [2.24, 2.45) is 0 Å². The molecule has 3 atom stereocenters. The first-order valence-electron chi connectivity index (χ1n) is 16.1. The van der Waals surface area contributed by atoms with Crippen molar-refractivity contribution in [1.82, 2.24) is 0 Å². The number of methoxy groups -OCH3 is 3. The van der Waals surface area contributed by atoms with E-state index in [2.05, 4.69) is 0 Å². The fourth-order valence-corrected chi connectivity index (χ4v) is 8.15. The van der Waals surface area contributed by atoms with Crippen LogP contribution in [0.3, 0.4) is 0 Å². The summed E-state index contributed by atoms with van der Waals surface area (Å²) in [6.07, 6.45) is 3.13. The van der Waals surface area contributed by atoms with Gasteiger partial charge in [-0.3, -0.25) is 22.8 Å². The first-order chi connectivity index (χ1) is 24.4. The van der Waals surface area contributed by atoms with Gasteiger partial charge in [0.15, 0.2) is 5.78 Å². The number of rotatable bonds is 14. The summed E-state index contributed by atoms with van der Waals surface area (Å²) in [4.78, 5) is 39.8. The summed E-state index contributed by atoms with van der Waals surface area (Å²) < 4.78 is 43.0. The number of hydrogen-bond acceptors (Lipinski definition) is 12. The second kappa shape index (κ2) is 18.4. The molecule has 0 aromatic heterocycles. The molecule has 0 spiro atoms. The number of Topliss-reactive ketones (excluding diaryl/α,β-unsaturated/α-hetero) is 1. The third-order valence-electron chi connectivity index (χ3n) is 8.12. The number of ether oxygens (including phenoxy) is 4. The standard InChI is InChI=1S/C24H30O6S2.C14H16O4S2/c1-7-30-23(26)21(19-13-12-18(32(6)27)14-20(19)29-5)22(25)24(2,3)31-15-16-8-10-17(28-4)11-9-16;1-14(2)12(15)11(13(16)19-14)9-6-5-8(20(4)17)7-10(9)18-3/h8-14,21H,7,15H2,1-6H3;5-7,15H,1-4H3. The van der Waals surface area contributed by atoms with Gasteiger partial charge in [0.05, 0.1) is 43.0 Å². The monoisotopic (exact) mass is 790 g/mol. The number of hydrogen-bond donors (Lipinski definition) is 1. The fourth-order valence-electron chi connectivity index (χ4n) is 5.14. The van der Waals surface area contributed by atoms with Gasteiger partial charge in [0.25, 0.3) is 0 Å². The lowest BCUT2D eigenvalue weighted by Gasteiger charge is -2.28. The number of carbonyl (C=O) groups is 3. The molecule has 282 valence electrons. The maximum absolute atomic E-state index is 13.6. The zero-order chi connectivity index (χ0) is 39.0. The molecule has 1 N–H and O–H groups in total. The molecule has 1 aliphatic rings. The molecule has 0 saturated heterocycles. The number of ketones is 1. The van der Waals surface area contributed by atoms with Crippen LogP contribution < -0.4 is 14.2 Å². The predicted molar refractivity (Wildman–Crippen MR) is 210 cm³/mol. The zero-order valence-corrected chi connectivity index (χ0v) is 34.3. The zero-order valence-electron chi connectivity index (χ0n) is 31.0. The van der Waals surface area contributed by atoms with Crippen LogP contribution in [0.1, 0.15) is 57.2 Å². The van der Waals surface area contributed by atoms with E-state index in [1.165, 1.54) is 26.0 Å². The van der Waals surface area contributed by atoms with E-state index in [0.29, 0.717) is 38.2 Å². The molecule has 0 bridgehead atoms. The minimum absolute atomic E-state index is 0.0520. The molecule has 14 heteroatoms. The molecule has 0 radical (unpaired) electrons. The van der Waals surface area contributed by atoms with Crippen LogP contribution in [0.15, 0.2) is 76.2 Å². The van der Waals surface area contributed by atoms with E-state index >= 15 is 0 Å². The van der Waals surface area contributed by atoms with Crippen LogP contribution >= 0.6 is 23.5 Å². The average Bonchev–Trinajstić information content (AvgIpc) is 3.32. The van der Waals surface area contributed by atoms with Crippen LogP contribution in [-0.2, 0) is 46.5 Å². The van der Waals surface area contributed by atoms with Crippen LogP contribution in [-0.4, -0.2) is 80.3 Å². The highest BCUT2D eigenvalue weighted by Gasteiger charge is 2.42. The van der Waals surface area contributed by atoms with Crippen LogP contribution in [0.2, 0.25) is 0 Å². The van der Waals surface area contributed by atoms with Gasteiger partial charge in [0.2, 0.25) is 5.12 Å². The van der Waals surface area contributed by atoms with Crippen molar-refractivity contribution in [3.8, 4) is 17.2 Å². The van der Waals surface area contributed by atoms with Crippen LogP contribution in [0, 0.1) is 0 Å². The van der Waals surface area contributed by atoms with Gasteiger partial charge >= 0.3 is 5.97 Å². The molecule has 0 amide bonds. The summed E-state index contributed by atoms with van der Waals surface area (Å²) in [7, 11) is 2.19. The van der Waals surface area contributed by atoms with Crippen molar-refractivity contribution in [3.63, 3.8) is 0 Å². The molecule has 1 aliphatic heterocycles. The van der Waals surface area contributed by atoms with Crippen molar-refractivity contribution in [2.75, 3.05) is 40.4 Å². The molecule has 3 aromatic rings. The van der Waals surface area contributed by atoms with Crippen molar-refractivity contribution in [3.05, 3.63) is 83.1 Å². The number of esters is 1. The van der Waals surface area contributed by atoms with E-state index in [0.717, 1.165) is 23.1 Å². The van der Waals surface area contributed by atoms with Crippen molar-refractivity contribution >= 4 is 67.6 Å². The molecule has 10 nitrogen and oxygen atoms in total. The van der Waals surface area contributed by atoms with Gasteiger partial charge < -0.3 is 24.1 Å². The Hall–Kier alpha value is -3.59. The first-order valence-corrected chi connectivity index (χ1v) is 21.0. The topological polar surface area (TPSA) is 143 Å².